The molecule has 0 spiro atoms. The number of ether oxygens (including phenoxy) is 1. The van der Waals surface area contributed by atoms with Crippen molar-refractivity contribution in [1.82, 2.24) is 0 Å². The van der Waals surface area contributed by atoms with Crippen LogP contribution in [0.3, 0.4) is 0 Å². The second kappa shape index (κ2) is 25.1. The Kier molecular flexibility index (Phi) is 23.9. The molecular formula is C29H52O4. The standard InChI is InChI=1S/C29H52O4/c1-3-5-6-7-8-9-10-11-12-13-14-15-16-17-18-22-26-29(32)33-27(23-4-2)24-20-19-21-25-28(30)31/h9-10,12-13,27H,3-8,11,14-26H2,1-2H3,(H,30,31)/b10-9-,13-12-. The van der Waals surface area contributed by atoms with Gasteiger partial charge in [0.05, 0.1) is 0 Å². The van der Waals surface area contributed by atoms with Gasteiger partial charge in [0.2, 0.25) is 0 Å². The van der Waals surface area contributed by atoms with E-state index < -0.39 is 5.97 Å². The second-order valence-electron chi connectivity index (χ2n) is 9.23. The van der Waals surface area contributed by atoms with Crippen LogP contribution in [0.5, 0.6) is 0 Å². The topological polar surface area (TPSA) is 63.6 Å². The number of carbonyl (C=O) groups is 2. The highest BCUT2D eigenvalue weighted by Crippen LogP contribution is 2.15. The van der Waals surface area contributed by atoms with E-state index in [1.54, 1.807) is 0 Å². The highest BCUT2D eigenvalue weighted by molar-refractivity contribution is 5.69. The zero-order valence-electron chi connectivity index (χ0n) is 21.7. The van der Waals surface area contributed by atoms with Crippen LogP contribution in [-0.2, 0) is 14.3 Å². The molecule has 0 aromatic rings. The van der Waals surface area contributed by atoms with E-state index in [0.29, 0.717) is 12.8 Å². The maximum absolute atomic E-state index is 12.1. The van der Waals surface area contributed by atoms with E-state index >= 15 is 0 Å². The van der Waals surface area contributed by atoms with E-state index in [0.717, 1.165) is 57.8 Å². The lowest BCUT2D eigenvalue weighted by molar-refractivity contribution is -0.150. The molecule has 0 aliphatic carbocycles. The van der Waals surface area contributed by atoms with Crippen molar-refractivity contribution < 1.29 is 19.4 Å². The number of carboxylic acids is 1. The molecule has 0 rings (SSSR count). The number of carbonyl (C=O) groups excluding carboxylic acids is 1. The van der Waals surface area contributed by atoms with Gasteiger partial charge < -0.3 is 9.84 Å². The van der Waals surface area contributed by atoms with Crippen molar-refractivity contribution in [2.75, 3.05) is 0 Å². The van der Waals surface area contributed by atoms with Gasteiger partial charge in [-0.25, -0.2) is 0 Å². The molecule has 0 bridgehead atoms. The van der Waals surface area contributed by atoms with Gasteiger partial charge in [-0.15, -0.1) is 0 Å². The molecule has 0 amide bonds. The largest absolute Gasteiger partial charge is 0.481 e. The minimum atomic E-state index is -0.737. The molecule has 33 heavy (non-hydrogen) atoms. The molecule has 0 radical (unpaired) electrons. The number of aliphatic carboxylic acids is 1. The molecule has 1 atom stereocenters. The number of allylic oxidation sites excluding steroid dienone is 4. The lowest BCUT2D eigenvalue weighted by Gasteiger charge is -2.17. The van der Waals surface area contributed by atoms with Crippen LogP contribution < -0.4 is 0 Å². The Morgan fingerprint density at radius 2 is 1.24 bits per heavy atom. The summed E-state index contributed by atoms with van der Waals surface area (Å²) in [6, 6.07) is 0. The Morgan fingerprint density at radius 1 is 0.667 bits per heavy atom. The van der Waals surface area contributed by atoms with Crippen LogP contribution >= 0.6 is 0 Å². The number of esters is 1. The van der Waals surface area contributed by atoms with Gasteiger partial charge in [0.1, 0.15) is 6.10 Å². The maximum atomic E-state index is 12.1. The number of carboxylic acid groups (broad SMARTS) is 1. The van der Waals surface area contributed by atoms with Gasteiger partial charge in [0, 0.05) is 12.8 Å². The second-order valence-corrected chi connectivity index (χ2v) is 9.23. The highest BCUT2D eigenvalue weighted by Gasteiger charge is 2.13. The van der Waals surface area contributed by atoms with E-state index in [9.17, 15) is 9.59 Å². The molecule has 0 aliphatic heterocycles. The Morgan fingerprint density at radius 3 is 1.88 bits per heavy atom. The number of hydrogen-bond donors (Lipinski definition) is 1. The number of rotatable bonds is 24. The zero-order chi connectivity index (χ0) is 24.4. The average Bonchev–Trinajstić information content (AvgIpc) is 2.78. The van der Waals surface area contributed by atoms with Crippen molar-refractivity contribution in [2.45, 2.75) is 148 Å². The van der Waals surface area contributed by atoms with E-state index in [1.165, 1.54) is 51.4 Å². The van der Waals surface area contributed by atoms with Gasteiger partial charge in [-0.05, 0) is 64.2 Å². The molecule has 0 saturated carbocycles. The Bertz CT molecular complexity index is 510. The van der Waals surface area contributed by atoms with Crippen molar-refractivity contribution in [3.63, 3.8) is 0 Å². The molecule has 0 saturated heterocycles. The molecule has 4 heteroatoms. The Hall–Kier alpha value is -1.58. The molecule has 0 aromatic carbocycles. The average molecular weight is 465 g/mol. The van der Waals surface area contributed by atoms with Crippen molar-refractivity contribution in [3.8, 4) is 0 Å². The number of unbranched alkanes of at least 4 members (excludes halogenated alkanes) is 11. The molecule has 0 heterocycles. The third-order valence-corrected chi connectivity index (χ3v) is 5.91. The summed E-state index contributed by atoms with van der Waals surface area (Å²) in [6.45, 7) is 4.35. The molecule has 1 N–H and O–H groups in total. The van der Waals surface area contributed by atoms with Crippen LogP contribution in [0.1, 0.15) is 142 Å². The highest BCUT2D eigenvalue weighted by atomic mass is 16.5. The van der Waals surface area contributed by atoms with Crippen LogP contribution in [0, 0.1) is 0 Å². The van der Waals surface area contributed by atoms with Crippen LogP contribution in [0.25, 0.3) is 0 Å². The van der Waals surface area contributed by atoms with Crippen molar-refractivity contribution in [3.05, 3.63) is 24.3 Å². The normalized spacial score (nSPS) is 12.5. The van der Waals surface area contributed by atoms with Crippen LogP contribution in [0.4, 0.5) is 0 Å². The summed E-state index contributed by atoms with van der Waals surface area (Å²) < 4.78 is 5.67. The Labute approximate surface area is 204 Å². The van der Waals surface area contributed by atoms with Crippen LogP contribution in [0.15, 0.2) is 24.3 Å². The third kappa shape index (κ3) is 24.9. The molecule has 0 aromatic heterocycles. The van der Waals surface area contributed by atoms with E-state index in [-0.39, 0.29) is 18.5 Å². The Balaban J connectivity index is 3.61. The predicted octanol–water partition coefficient (Wildman–Crippen LogP) is 8.94. The van der Waals surface area contributed by atoms with Crippen LogP contribution in [0.2, 0.25) is 0 Å². The monoisotopic (exact) mass is 464 g/mol. The molecule has 192 valence electrons. The zero-order valence-corrected chi connectivity index (χ0v) is 21.7. The summed E-state index contributed by atoms with van der Waals surface area (Å²) >= 11 is 0. The summed E-state index contributed by atoms with van der Waals surface area (Å²) in [4.78, 5) is 22.7. The van der Waals surface area contributed by atoms with Gasteiger partial charge in [-0.3, -0.25) is 9.59 Å². The molecule has 0 aliphatic rings. The molecule has 4 nitrogen and oxygen atoms in total. The fraction of sp³-hybridized carbons (Fsp3) is 0.793. The summed E-state index contributed by atoms with van der Waals surface area (Å²) in [5, 5.41) is 8.69. The smallest absolute Gasteiger partial charge is 0.306 e. The van der Waals surface area contributed by atoms with Gasteiger partial charge >= 0.3 is 11.9 Å². The minimum Gasteiger partial charge on any atom is -0.481 e. The fourth-order valence-electron chi connectivity index (χ4n) is 3.91. The molecule has 1 unspecified atom stereocenters. The van der Waals surface area contributed by atoms with Gasteiger partial charge in [-0.2, -0.15) is 0 Å². The van der Waals surface area contributed by atoms with Crippen molar-refractivity contribution in [2.24, 2.45) is 0 Å². The fourth-order valence-corrected chi connectivity index (χ4v) is 3.91. The van der Waals surface area contributed by atoms with E-state index in [4.69, 9.17) is 9.84 Å². The van der Waals surface area contributed by atoms with Gasteiger partial charge in [0.25, 0.3) is 0 Å². The van der Waals surface area contributed by atoms with Crippen LogP contribution in [-0.4, -0.2) is 23.1 Å². The van der Waals surface area contributed by atoms with Gasteiger partial charge in [-0.1, -0.05) is 89.5 Å². The SMILES string of the molecule is CCCCCC/C=C\C/C=C\CCCCCCCC(=O)OC(CCC)CCCCCC(=O)O. The third-order valence-electron chi connectivity index (χ3n) is 5.91. The maximum Gasteiger partial charge on any atom is 0.306 e. The first-order valence-electron chi connectivity index (χ1n) is 13.8. The summed E-state index contributed by atoms with van der Waals surface area (Å²) in [5.41, 5.74) is 0. The van der Waals surface area contributed by atoms with E-state index in [1.807, 2.05) is 0 Å². The van der Waals surface area contributed by atoms with E-state index in [2.05, 4.69) is 38.2 Å². The van der Waals surface area contributed by atoms with Gasteiger partial charge in [0.15, 0.2) is 0 Å². The minimum absolute atomic E-state index is 0.00461. The quantitative estimate of drug-likeness (QED) is 0.0879. The molecular weight excluding hydrogens is 412 g/mol. The number of hydrogen-bond acceptors (Lipinski definition) is 3. The first-order valence-corrected chi connectivity index (χ1v) is 13.8. The lowest BCUT2D eigenvalue weighted by Crippen LogP contribution is -2.18. The lowest BCUT2D eigenvalue weighted by atomic mass is 10.1. The predicted molar refractivity (Wildman–Crippen MR) is 139 cm³/mol. The summed E-state index contributed by atoms with van der Waals surface area (Å²) in [5.74, 6) is -0.806. The van der Waals surface area contributed by atoms with Crippen molar-refractivity contribution >= 4 is 11.9 Å². The first-order chi connectivity index (χ1) is 16.1. The summed E-state index contributed by atoms with van der Waals surface area (Å²) in [7, 11) is 0. The van der Waals surface area contributed by atoms with Crippen molar-refractivity contribution in [1.29, 1.82) is 0 Å². The first kappa shape index (κ1) is 31.4. The summed E-state index contributed by atoms with van der Waals surface area (Å²) in [6.07, 6.45) is 29.6. The molecule has 0 fully saturated rings.